The van der Waals surface area contributed by atoms with Crippen LogP contribution < -0.4 is 5.32 Å². The molecule has 0 bridgehead atoms. The molecule has 3 heterocycles. The molecule has 0 aliphatic carbocycles. The quantitative estimate of drug-likeness (QED) is 0.747. The van der Waals surface area contributed by atoms with E-state index in [1.807, 2.05) is 32.3 Å². The van der Waals surface area contributed by atoms with Gasteiger partial charge in [-0.25, -0.2) is 0 Å². The molecular formula is C22H36N4O2. The topological polar surface area (TPSA) is 68.7 Å². The highest BCUT2D eigenvalue weighted by molar-refractivity contribution is 5.79. The van der Waals surface area contributed by atoms with Crippen molar-refractivity contribution < 1.29 is 9.90 Å². The molecule has 0 saturated carbocycles. The fraction of sp³-hybridized carbons (Fsp3) is 0.727. The number of carbonyl (C=O) groups is 1. The lowest BCUT2D eigenvalue weighted by Crippen LogP contribution is -2.51. The first kappa shape index (κ1) is 21.2. The van der Waals surface area contributed by atoms with Gasteiger partial charge in [-0.1, -0.05) is 19.9 Å². The molecule has 2 N–H and O–H groups in total. The van der Waals surface area contributed by atoms with Gasteiger partial charge < -0.3 is 10.4 Å². The number of aromatic nitrogens is 1. The lowest BCUT2D eigenvalue weighted by Gasteiger charge is -2.42. The fourth-order valence-corrected chi connectivity index (χ4v) is 4.27. The zero-order chi connectivity index (χ0) is 20.0. The number of rotatable bonds is 7. The van der Waals surface area contributed by atoms with Crippen molar-refractivity contribution in [3.63, 3.8) is 0 Å². The minimum atomic E-state index is -0.259. The SMILES string of the molecule is CC(C)(CO)CNC(=O)C1CCCN(C2CCN(Cc3cccnc3)CC2)C1. The Morgan fingerprint density at radius 1 is 1.29 bits per heavy atom. The van der Waals surface area contributed by atoms with Crippen LogP contribution in [0.3, 0.4) is 0 Å². The van der Waals surface area contributed by atoms with Crippen LogP contribution in [0.5, 0.6) is 0 Å². The van der Waals surface area contributed by atoms with Gasteiger partial charge in [-0.3, -0.25) is 19.6 Å². The molecule has 1 amide bonds. The fourth-order valence-electron chi connectivity index (χ4n) is 4.27. The number of hydrogen-bond acceptors (Lipinski definition) is 5. The van der Waals surface area contributed by atoms with Gasteiger partial charge in [0.05, 0.1) is 5.92 Å². The van der Waals surface area contributed by atoms with Crippen molar-refractivity contribution in [1.82, 2.24) is 20.1 Å². The van der Waals surface area contributed by atoms with E-state index in [0.717, 1.165) is 45.6 Å². The van der Waals surface area contributed by atoms with Crippen molar-refractivity contribution in [3.05, 3.63) is 30.1 Å². The minimum absolute atomic E-state index is 0.0802. The summed E-state index contributed by atoms with van der Waals surface area (Å²) in [6.45, 7) is 9.74. The Morgan fingerprint density at radius 3 is 2.75 bits per heavy atom. The number of likely N-dealkylation sites (tertiary alicyclic amines) is 2. The monoisotopic (exact) mass is 388 g/mol. The first-order valence-electron chi connectivity index (χ1n) is 10.7. The molecule has 6 nitrogen and oxygen atoms in total. The second kappa shape index (κ2) is 9.81. The largest absolute Gasteiger partial charge is 0.396 e. The number of aliphatic hydroxyl groups is 1. The molecule has 28 heavy (non-hydrogen) atoms. The highest BCUT2D eigenvalue weighted by Crippen LogP contribution is 2.25. The maximum Gasteiger partial charge on any atom is 0.224 e. The van der Waals surface area contributed by atoms with Crippen LogP contribution in [-0.2, 0) is 11.3 Å². The lowest BCUT2D eigenvalue weighted by molar-refractivity contribution is -0.127. The standard InChI is InChI=1S/C22H36N4O2/c1-22(2,17-27)16-24-21(28)19-6-4-10-26(15-19)20-7-11-25(12-8-20)14-18-5-3-9-23-13-18/h3,5,9,13,19-20,27H,4,6-8,10-12,14-17H2,1-2H3,(H,24,28). The molecule has 2 aliphatic heterocycles. The van der Waals surface area contributed by atoms with Gasteiger partial charge in [-0.15, -0.1) is 0 Å². The Morgan fingerprint density at radius 2 is 2.07 bits per heavy atom. The molecule has 0 radical (unpaired) electrons. The molecule has 2 aliphatic rings. The number of piperidine rings is 2. The summed E-state index contributed by atoms with van der Waals surface area (Å²) in [5.74, 6) is 0.233. The summed E-state index contributed by atoms with van der Waals surface area (Å²) in [6, 6.07) is 4.74. The van der Waals surface area contributed by atoms with E-state index in [4.69, 9.17) is 0 Å². The highest BCUT2D eigenvalue weighted by atomic mass is 16.3. The summed E-state index contributed by atoms with van der Waals surface area (Å²) in [4.78, 5) is 21.9. The molecule has 3 rings (SSSR count). The first-order chi connectivity index (χ1) is 13.5. The smallest absolute Gasteiger partial charge is 0.224 e. The van der Waals surface area contributed by atoms with Gasteiger partial charge in [0.15, 0.2) is 0 Å². The predicted octanol–water partition coefficient (Wildman–Crippen LogP) is 1.89. The van der Waals surface area contributed by atoms with Crippen molar-refractivity contribution in [2.45, 2.75) is 52.1 Å². The van der Waals surface area contributed by atoms with Gasteiger partial charge in [0.2, 0.25) is 5.91 Å². The Bertz CT molecular complexity index is 614. The molecule has 2 fully saturated rings. The number of hydrogen-bond donors (Lipinski definition) is 2. The normalized spacial score (nSPS) is 22.9. The van der Waals surface area contributed by atoms with Crippen LogP contribution in [0.25, 0.3) is 0 Å². The molecular weight excluding hydrogens is 352 g/mol. The Labute approximate surface area is 169 Å². The zero-order valence-corrected chi connectivity index (χ0v) is 17.4. The van der Waals surface area contributed by atoms with Crippen molar-refractivity contribution in [2.24, 2.45) is 11.3 Å². The summed E-state index contributed by atoms with van der Waals surface area (Å²) in [6.07, 6.45) is 8.19. The number of pyridine rings is 1. The van der Waals surface area contributed by atoms with Crippen molar-refractivity contribution in [1.29, 1.82) is 0 Å². The van der Waals surface area contributed by atoms with Crippen LogP contribution >= 0.6 is 0 Å². The van der Waals surface area contributed by atoms with E-state index in [1.165, 1.54) is 18.4 Å². The van der Waals surface area contributed by atoms with E-state index in [2.05, 4.69) is 26.2 Å². The van der Waals surface area contributed by atoms with Crippen LogP contribution in [0.2, 0.25) is 0 Å². The van der Waals surface area contributed by atoms with Crippen molar-refractivity contribution in [3.8, 4) is 0 Å². The summed E-state index contributed by atoms with van der Waals surface area (Å²) in [7, 11) is 0. The molecule has 2 saturated heterocycles. The van der Waals surface area contributed by atoms with Gasteiger partial charge in [0.1, 0.15) is 0 Å². The van der Waals surface area contributed by atoms with E-state index >= 15 is 0 Å². The van der Waals surface area contributed by atoms with E-state index in [0.29, 0.717) is 12.6 Å². The average molecular weight is 389 g/mol. The maximum atomic E-state index is 12.6. The molecule has 6 heteroatoms. The summed E-state index contributed by atoms with van der Waals surface area (Å²) < 4.78 is 0. The lowest BCUT2D eigenvalue weighted by atomic mass is 9.91. The molecule has 1 unspecified atom stereocenters. The third-order valence-electron chi connectivity index (χ3n) is 6.20. The van der Waals surface area contributed by atoms with Gasteiger partial charge in [-0.2, -0.15) is 0 Å². The van der Waals surface area contributed by atoms with Crippen LogP contribution in [-0.4, -0.2) is 71.2 Å². The summed E-state index contributed by atoms with van der Waals surface area (Å²) in [5, 5.41) is 12.4. The second-order valence-corrected chi connectivity index (χ2v) is 9.24. The molecule has 1 aromatic rings. The molecule has 1 aromatic heterocycles. The molecule has 0 aromatic carbocycles. The van der Waals surface area contributed by atoms with E-state index < -0.39 is 0 Å². The Balaban J connectivity index is 1.44. The Hall–Kier alpha value is -1.50. The minimum Gasteiger partial charge on any atom is -0.396 e. The van der Waals surface area contributed by atoms with Crippen LogP contribution in [0.4, 0.5) is 0 Å². The Kier molecular flexibility index (Phi) is 7.43. The predicted molar refractivity (Wildman–Crippen MR) is 111 cm³/mol. The summed E-state index contributed by atoms with van der Waals surface area (Å²) in [5.41, 5.74) is 1.02. The number of amides is 1. The van der Waals surface area contributed by atoms with Crippen molar-refractivity contribution in [2.75, 3.05) is 39.3 Å². The van der Waals surface area contributed by atoms with E-state index in [9.17, 15) is 9.90 Å². The van der Waals surface area contributed by atoms with Gasteiger partial charge in [0, 0.05) is 50.1 Å². The van der Waals surface area contributed by atoms with E-state index in [1.54, 1.807) is 0 Å². The van der Waals surface area contributed by atoms with Gasteiger partial charge >= 0.3 is 0 Å². The van der Waals surface area contributed by atoms with Crippen LogP contribution in [0.1, 0.15) is 45.1 Å². The number of aliphatic hydroxyl groups excluding tert-OH is 1. The first-order valence-corrected chi connectivity index (χ1v) is 10.7. The highest BCUT2D eigenvalue weighted by Gasteiger charge is 2.32. The van der Waals surface area contributed by atoms with Gasteiger partial charge in [0.25, 0.3) is 0 Å². The maximum absolute atomic E-state index is 12.6. The van der Waals surface area contributed by atoms with Gasteiger partial charge in [-0.05, 0) is 56.9 Å². The van der Waals surface area contributed by atoms with E-state index in [-0.39, 0.29) is 23.8 Å². The zero-order valence-electron chi connectivity index (χ0n) is 17.4. The number of carbonyl (C=O) groups excluding carboxylic acids is 1. The number of nitrogens with one attached hydrogen (secondary N) is 1. The van der Waals surface area contributed by atoms with Crippen molar-refractivity contribution >= 4 is 5.91 Å². The average Bonchev–Trinajstić information content (AvgIpc) is 2.73. The third kappa shape index (κ3) is 6.00. The molecule has 1 atom stereocenters. The van der Waals surface area contributed by atoms with Crippen LogP contribution in [0, 0.1) is 11.3 Å². The second-order valence-electron chi connectivity index (χ2n) is 9.24. The van der Waals surface area contributed by atoms with Crippen LogP contribution in [0.15, 0.2) is 24.5 Å². The number of nitrogens with zero attached hydrogens (tertiary/aromatic N) is 3. The third-order valence-corrected chi connectivity index (χ3v) is 6.20. The molecule has 0 spiro atoms. The summed E-state index contributed by atoms with van der Waals surface area (Å²) >= 11 is 0. The molecule has 156 valence electrons.